The fourth-order valence-electron chi connectivity index (χ4n) is 4.85. The lowest BCUT2D eigenvalue weighted by molar-refractivity contribution is 0.0713. The Hall–Kier alpha value is -2.42. The summed E-state index contributed by atoms with van der Waals surface area (Å²) in [4.78, 5) is 21.1. The van der Waals surface area contributed by atoms with Crippen LogP contribution >= 0.6 is 45.5 Å². The number of carbonyl (C=O) groups excluding carboxylic acids is 1. The number of nitrogens with zero attached hydrogens (tertiary/aromatic N) is 2. The van der Waals surface area contributed by atoms with E-state index in [0.29, 0.717) is 28.9 Å². The Balaban J connectivity index is 1.51. The molecule has 1 atom stereocenters. The third-order valence-corrected chi connectivity index (χ3v) is 9.25. The Labute approximate surface area is 240 Å². The molecular weight excluding hydrogens is 615 g/mol. The van der Waals surface area contributed by atoms with Gasteiger partial charge in [0, 0.05) is 40.5 Å². The van der Waals surface area contributed by atoms with Gasteiger partial charge in [-0.25, -0.2) is 4.98 Å². The molecule has 4 aromatic rings. The molecule has 0 saturated carbocycles. The molecule has 1 unspecified atom stereocenters. The van der Waals surface area contributed by atoms with E-state index in [9.17, 15) is 4.79 Å². The van der Waals surface area contributed by atoms with Gasteiger partial charge in [0.25, 0.3) is 5.91 Å². The summed E-state index contributed by atoms with van der Waals surface area (Å²) in [6.07, 6.45) is 7.34. The quantitative estimate of drug-likeness (QED) is 0.115. The topological polar surface area (TPSA) is 42.4 Å². The number of thiophene rings is 1. The molecule has 0 N–H and O–H groups in total. The minimum Gasteiger partial charge on any atom is -0.496 e. The number of ether oxygens (including phenoxy) is 1. The van der Waals surface area contributed by atoms with Crippen molar-refractivity contribution in [1.29, 1.82) is 0 Å². The van der Waals surface area contributed by atoms with Crippen molar-refractivity contribution in [3.05, 3.63) is 91.6 Å². The highest BCUT2D eigenvalue weighted by Gasteiger charge is 2.27. The molecule has 37 heavy (non-hydrogen) atoms. The normalized spacial score (nSPS) is 15.5. The smallest absolute Gasteiger partial charge is 0.265 e. The zero-order valence-corrected chi connectivity index (χ0v) is 24.6. The van der Waals surface area contributed by atoms with Crippen LogP contribution in [0.3, 0.4) is 0 Å². The molecular formula is C30H28ClIN2O2S. The van der Waals surface area contributed by atoms with Crippen LogP contribution in [0.4, 0.5) is 0 Å². The highest BCUT2D eigenvalue weighted by atomic mass is 127. The van der Waals surface area contributed by atoms with Crippen molar-refractivity contribution < 1.29 is 9.53 Å². The van der Waals surface area contributed by atoms with Crippen LogP contribution in [0.15, 0.2) is 72.4 Å². The highest BCUT2D eigenvalue weighted by molar-refractivity contribution is 14.1. The van der Waals surface area contributed by atoms with Crippen molar-refractivity contribution >= 4 is 61.5 Å². The summed E-state index contributed by atoms with van der Waals surface area (Å²) < 4.78 is 7.70. The Kier molecular flexibility index (Phi) is 8.17. The van der Waals surface area contributed by atoms with Crippen LogP contribution in [0.1, 0.15) is 41.4 Å². The fourth-order valence-corrected chi connectivity index (χ4v) is 6.64. The van der Waals surface area contributed by atoms with Crippen LogP contribution < -0.4 is 4.74 Å². The maximum absolute atomic E-state index is 14.1. The number of amides is 1. The number of benzene rings is 2. The highest BCUT2D eigenvalue weighted by Crippen LogP contribution is 2.37. The first-order valence-corrected chi connectivity index (χ1v) is 14.6. The maximum Gasteiger partial charge on any atom is 0.265 e. The van der Waals surface area contributed by atoms with E-state index in [2.05, 4.69) is 52.7 Å². The lowest BCUT2D eigenvalue weighted by Gasteiger charge is -2.30. The van der Waals surface area contributed by atoms with E-state index in [0.717, 1.165) is 55.5 Å². The average molecular weight is 643 g/mol. The number of carbonyl (C=O) groups is 1. The summed E-state index contributed by atoms with van der Waals surface area (Å²) in [6.45, 7) is 3.30. The molecule has 0 fully saturated rings. The van der Waals surface area contributed by atoms with Crippen molar-refractivity contribution in [3.8, 4) is 16.9 Å². The van der Waals surface area contributed by atoms with Gasteiger partial charge < -0.3 is 9.64 Å². The number of methoxy groups -OCH3 is 1. The first-order valence-electron chi connectivity index (χ1n) is 12.3. The fraction of sp³-hybridized carbons (Fsp3) is 0.267. The van der Waals surface area contributed by atoms with E-state index in [-0.39, 0.29) is 5.91 Å². The summed E-state index contributed by atoms with van der Waals surface area (Å²) in [6, 6.07) is 18.1. The van der Waals surface area contributed by atoms with Crippen molar-refractivity contribution in [3.63, 3.8) is 0 Å². The van der Waals surface area contributed by atoms with Gasteiger partial charge in [-0.05, 0) is 84.5 Å². The zero-order chi connectivity index (χ0) is 25.9. The molecule has 2 aromatic heterocycles. The van der Waals surface area contributed by atoms with Crippen LogP contribution in [-0.2, 0) is 6.54 Å². The number of rotatable bonds is 7. The average Bonchev–Trinajstić information content (AvgIpc) is 3.26. The van der Waals surface area contributed by atoms with Crippen molar-refractivity contribution in [2.45, 2.75) is 32.7 Å². The lowest BCUT2D eigenvalue weighted by Crippen LogP contribution is -2.35. The second-order valence-electron chi connectivity index (χ2n) is 9.51. The minimum atomic E-state index is -0.0270. The molecule has 1 aliphatic rings. The second-order valence-corrected chi connectivity index (χ2v) is 12.0. The standard InChI is InChI=1S/C30H28ClIN2O2S/c1-19-7-9-20(10-8-19)17-34(30(35)29-28(31)24-5-3-4-6-26(24)37-29)18-23-15-21(11-13-25(23)36-2)22-12-14-27(32)33-16-22/h3-7,11-16,20H,8-10,17-18H2,1-2H3. The van der Waals surface area contributed by atoms with Crippen LogP contribution in [0.25, 0.3) is 21.2 Å². The first kappa shape index (κ1) is 26.2. The summed E-state index contributed by atoms with van der Waals surface area (Å²) in [7, 11) is 1.68. The van der Waals surface area contributed by atoms with Gasteiger partial charge in [-0.15, -0.1) is 11.3 Å². The maximum atomic E-state index is 14.1. The van der Waals surface area contributed by atoms with Crippen molar-refractivity contribution in [2.75, 3.05) is 13.7 Å². The van der Waals surface area contributed by atoms with Gasteiger partial charge in [0.1, 0.15) is 14.3 Å². The Morgan fingerprint density at radius 2 is 2.00 bits per heavy atom. The SMILES string of the molecule is COc1ccc(-c2ccc(I)nc2)cc1CN(CC1CC=C(C)CC1)C(=O)c1sc2ccccc2c1Cl. The van der Waals surface area contributed by atoms with Gasteiger partial charge in [-0.2, -0.15) is 0 Å². The van der Waals surface area contributed by atoms with E-state index in [1.54, 1.807) is 7.11 Å². The van der Waals surface area contributed by atoms with E-state index >= 15 is 0 Å². The van der Waals surface area contributed by atoms with Crippen LogP contribution in [-0.4, -0.2) is 29.4 Å². The molecule has 1 amide bonds. The Bertz CT molecular complexity index is 1460. The van der Waals surface area contributed by atoms with Crippen LogP contribution in [0, 0.1) is 9.62 Å². The Morgan fingerprint density at radius 1 is 1.19 bits per heavy atom. The molecule has 0 aliphatic heterocycles. The number of allylic oxidation sites excluding steroid dienone is 2. The predicted octanol–water partition coefficient (Wildman–Crippen LogP) is 8.62. The lowest BCUT2D eigenvalue weighted by atomic mass is 9.89. The van der Waals surface area contributed by atoms with Gasteiger partial charge in [-0.3, -0.25) is 4.79 Å². The first-order chi connectivity index (χ1) is 17.9. The molecule has 0 saturated heterocycles. The number of fused-ring (bicyclic) bond motifs is 1. The molecule has 2 heterocycles. The molecule has 2 aromatic carbocycles. The largest absolute Gasteiger partial charge is 0.496 e. The van der Waals surface area contributed by atoms with Crippen molar-refractivity contribution in [2.24, 2.45) is 5.92 Å². The molecule has 0 bridgehead atoms. The van der Waals surface area contributed by atoms with E-state index in [1.807, 2.05) is 53.6 Å². The van der Waals surface area contributed by atoms with E-state index in [4.69, 9.17) is 16.3 Å². The van der Waals surface area contributed by atoms with Gasteiger partial charge in [0.05, 0.1) is 12.1 Å². The number of hydrogen-bond donors (Lipinski definition) is 0. The zero-order valence-electron chi connectivity index (χ0n) is 20.8. The number of hydrogen-bond acceptors (Lipinski definition) is 4. The third-order valence-electron chi connectivity index (χ3n) is 6.94. The summed E-state index contributed by atoms with van der Waals surface area (Å²) in [5.74, 6) is 1.15. The van der Waals surface area contributed by atoms with Crippen LogP contribution in [0.2, 0.25) is 5.02 Å². The van der Waals surface area contributed by atoms with Crippen molar-refractivity contribution in [1.82, 2.24) is 9.88 Å². The molecule has 0 radical (unpaired) electrons. The summed E-state index contributed by atoms with van der Waals surface area (Å²) in [5, 5.41) is 1.47. The monoisotopic (exact) mass is 642 g/mol. The van der Waals surface area contributed by atoms with Gasteiger partial charge >= 0.3 is 0 Å². The number of pyridine rings is 1. The van der Waals surface area contributed by atoms with E-state index < -0.39 is 0 Å². The molecule has 0 spiro atoms. The minimum absolute atomic E-state index is 0.0270. The molecule has 1 aliphatic carbocycles. The van der Waals surface area contributed by atoms with Crippen LogP contribution in [0.5, 0.6) is 5.75 Å². The Morgan fingerprint density at radius 3 is 2.70 bits per heavy atom. The third kappa shape index (κ3) is 5.86. The predicted molar refractivity (Wildman–Crippen MR) is 162 cm³/mol. The van der Waals surface area contributed by atoms with Gasteiger partial charge in [0.15, 0.2) is 0 Å². The van der Waals surface area contributed by atoms with Gasteiger partial charge in [0.2, 0.25) is 0 Å². The molecule has 4 nitrogen and oxygen atoms in total. The van der Waals surface area contributed by atoms with Gasteiger partial charge in [-0.1, -0.05) is 53.6 Å². The number of aromatic nitrogens is 1. The van der Waals surface area contributed by atoms with E-state index in [1.165, 1.54) is 16.9 Å². The molecule has 190 valence electrons. The summed E-state index contributed by atoms with van der Waals surface area (Å²) >= 11 is 10.4. The number of halogens is 2. The molecule has 7 heteroatoms. The molecule has 5 rings (SSSR count). The second kappa shape index (κ2) is 11.5. The summed E-state index contributed by atoms with van der Waals surface area (Å²) in [5.41, 5.74) is 4.47.